The molecule has 1 heterocycles. The Balaban J connectivity index is 1.46. The highest BCUT2D eigenvalue weighted by molar-refractivity contribution is 9.10. The lowest BCUT2D eigenvalue weighted by Gasteiger charge is -2.13. The Labute approximate surface area is 217 Å². The summed E-state index contributed by atoms with van der Waals surface area (Å²) >= 11 is 4.60. The first kappa shape index (κ1) is 25.4. The van der Waals surface area contributed by atoms with Gasteiger partial charge in [-0.2, -0.15) is 0 Å². The van der Waals surface area contributed by atoms with Gasteiger partial charge in [0.2, 0.25) is 0 Å². The van der Waals surface area contributed by atoms with Gasteiger partial charge in [0, 0.05) is 10.2 Å². The second kappa shape index (κ2) is 11.4. The minimum atomic E-state index is -0.432. The van der Waals surface area contributed by atoms with E-state index in [4.69, 9.17) is 9.47 Å². The van der Waals surface area contributed by atoms with Gasteiger partial charge in [0.25, 0.3) is 11.8 Å². The van der Waals surface area contributed by atoms with Crippen LogP contribution in [-0.4, -0.2) is 30.7 Å². The number of amides is 2. The van der Waals surface area contributed by atoms with Crippen LogP contribution < -0.4 is 20.1 Å². The highest BCUT2D eigenvalue weighted by atomic mass is 79.9. The molecule has 0 radical (unpaired) electrons. The number of thioether (sulfide) groups is 1. The molecule has 0 saturated carbocycles. The van der Waals surface area contributed by atoms with Crippen molar-refractivity contribution < 1.29 is 27.8 Å². The Morgan fingerprint density at radius 2 is 1.75 bits per heavy atom. The van der Waals surface area contributed by atoms with E-state index in [1.54, 1.807) is 18.2 Å². The molecular weight excluding hydrogens is 556 g/mol. The maximum atomic E-state index is 13.1. The molecule has 36 heavy (non-hydrogen) atoms. The van der Waals surface area contributed by atoms with Gasteiger partial charge in [-0.15, -0.1) is 0 Å². The Kier molecular flexibility index (Phi) is 8.01. The minimum absolute atomic E-state index is 0.303. The number of hydrogen-bond donors (Lipinski definition) is 2. The Bertz CT molecular complexity index is 1360. The van der Waals surface area contributed by atoms with Crippen LogP contribution in [0.25, 0.3) is 6.08 Å². The van der Waals surface area contributed by atoms with Crippen LogP contribution in [0.2, 0.25) is 0 Å². The summed E-state index contributed by atoms with van der Waals surface area (Å²) in [6.45, 7) is -0.303. The molecule has 3 aromatic carbocycles. The smallest absolute Gasteiger partial charge is 0.264 e. The lowest BCUT2D eigenvalue weighted by molar-refractivity contribution is -0.118. The number of rotatable bonds is 7. The van der Waals surface area contributed by atoms with Gasteiger partial charge in [0.05, 0.1) is 17.7 Å². The lowest BCUT2D eigenvalue weighted by Crippen LogP contribution is -2.20. The number of hydrogen-bond acceptors (Lipinski definition) is 6. The van der Waals surface area contributed by atoms with Crippen molar-refractivity contribution in [2.45, 2.75) is 0 Å². The van der Waals surface area contributed by atoms with Gasteiger partial charge >= 0.3 is 0 Å². The van der Waals surface area contributed by atoms with Crippen molar-refractivity contribution in [1.29, 1.82) is 0 Å². The monoisotopic (exact) mass is 573 g/mol. The number of ether oxygens (including phenoxy) is 2. The Morgan fingerprint density at radius 1 is 1.08 bits per heavy atom. The molecule has 0 aliphatic carbocycles. The predicted octanol–water partition coefficient (Wildman–Crippen LogP) is 5.65. The molecule has 11 heteroatoms. The number of nitrogens with zero attached hydrogens (tertiary/aromatic N) is 1. The highest BCUT2D eigenvalue weighted by Gasteiger charge is 2.24. The number of halogens is 3. The van der Waals surface area contributed by atoms with Gasteiger partial charge in [-0.25, -0.2) is 13.8 Å². The molecule has 0 bridgehead atoms. The zero-order valence-corrected chi connectivity index (χ0v) is 21.1. The number of nitrogens with one attached hydrogen (secondary N) is 2. The normalized spacial score (nSPS) is 15.2. The molecule has 7 nitrogen and oxygen atoms in total. The van der Waals surface area contributed by atoms with E-state index in [1.165, 1.54) is 55.6 Å². The van der Waals surface area contributed by atoms with Crippen LogP contribution in [0.4, 0.5) is 20.2 Å². The van der Waals surface area contributed by atoms with E-state index in [9.17, 15) is 18.4 Å². The van der Waals surface area contributed by atoms with E-state index in [2.05, 4.69) is 31.6 Å². The summed E-state index contributed by atoms with van der Waals surface area (Å²) in [7, 11) is 1.45. The zero-order valence-electron chi connectivity index (χ0n) is 18.7. The fourth-order valence-corrected chi connectivity index (χ4v) is 4.33. The maximum absolute atomic E-state index is 13.1. The van der Waals surface area contributed by atoms with E-state index < -0.39 is 11.7 Å². The van der Waals surface area contributed by atoms with Gasteiger partial charge in [0.1, 0.15) is 11.6 Å². The summed E-state index contributed by atoms with van der Waals surface area (Å²) in [6, 6.07) is 14.3. The fourth-order valence-electron chi connectivity index (χ4n) is 3.06. The maximum Gasteiger partial charge on any atom is 0.264 e. The number of amidine groups is 1. The van der Waals surface area contributed by atoms with E-state index in [0.29, 0.717) is 43.0 Å². The van der Waals surface area contributed by atoms with Crippen LogP contribution in [0.1, 0.15) is 5.56 Å². The largest absolute Gasteiger partial charge is 0.493 e. The van der Waals surface area contributed by atoms with Crippen LogP contribution in [0, 0.1) is 11.6 Å². The summed E-state index contributed by atoms with van der Waals surface area (Å²) in [6.07, 6.45) is 1.66. The molecular formula is C25H18BrF2N3O4S. The van der Waals surface area contributed by atoms with Crippen molar-refractivity contribution >= 4 is 62.1 Å². The molecule has 1 fully saturated rings. The van der Waals surface area contributed by atoms with Crippen molar-refractivity contribution in [2.75, 3.05) is 19.0 Å². The topological polar surface area (TPSA) is 89.0 Å². The summed E-state index contributed by atoms with van der Waals surface area (Å²) < 4.78 is 37.7. The Hall–Kier alpha value is -3.70. The number of methoxy groups -OCH3 is 1. The summed E-state index contributed by atoms with van der Waals surface area (Å²) in [4.78, 5) is 29.3. The van der Waals surface area contributed by atoms with Crippen molar-refractivity contribution in [1.82, 2.24) is 5.32 Å². The number of carbonyl (C=O) groups excluding carboxylic acids is 2. The summed E-state index contributed by atoms with van der Waals surface area (Å²) in [5.74, 6) is -0.880. The predicted molar refractivity (Wildman–Crippen MR) is 138 cm³/mol. The molecule has 0 unspecified atom stereocenters. The quantitative estimate of drug-likeness (QED) is 0.357. The average molecular weight is 574 g/mol. The first-order valence-electron chi connectivity index (χ1n) is 10.4. The highest BCUT2D eigenvalue weighted by Crippen LogP contribution is 2.36. The summed E-state index contributed by atoms with van der Waals surface area (Å²) in [5, 5.41) is 5.66. The molecule has 0 spiro atoms. The van der Waals surface area contributed by atoms with Crippen molar-refractivity contribution in [2.24, 2.45) is 4.99 Å². The average Bonchev–Trinajstić information content (AvgIpc) is 3.20. The van der Waals surface area contributed by atoms with Crippen molar-refractivity contribution in [3.8, 4) is 11.5 Å². The van der Waals surface area contributed by atoms with Gasteiger partial charge in [-0.3, -0.25) is 9.59 Å². The molecule has 184 valence electrons. The van der Waals surface area contributed by atoms with E-state index in [-0.39, 0.29) is 18.3 Å². The molecule has 4 rings (SSSR count). The molecule has 1 aliphatic heterocycles. The molecule has 1 aliphatic rings. The third-order valence-electron chi connectivity index (χ3n) is 4.76. The SMILES string of the molecule is COc1cc(/C=C2/SC(=Nc3ccc(F)cc3)NC2=O)c(Br)cc1OCC(=O)Nc1ccc(F)cc1. The van der Waals surface area contributed by atoms with E-state index >= 15 is 0 Å². The minimum Gasteiger partial charge on any atom is -0.493 e. The number of carbonyl (C=O) groups is 2. The van der Waals surface area contributed by atoms with Crippen LogP contribution >= 0.6 is 27.7 Å². The van der Waals surface area contributed by atoms with Crippen molar-refractivity contribution in [3.05, 3.63) is 87.2 Å². The van der Waals surface area contributed by atoms with E-state index in [1.807, 2.05) is 0 Å². The molecule has 0 aromatic heterocycles. The van der Waals surface area contributed by atoms with Gasteiger partial charge < -0.3 is 20.1 Å². The van der Waals surface area contributed by atoms with E-state index in [0.717, 1.165) is 11.8 Å². The fraction of sp³-hybridized carbons (Fsp3) is 0.0800. The third kappa shape index (κ3) is 6.49. The molecule has 2 amide bonds. The van der Waals surface area contributed by atoms with Gasteiger partial charge in [-0.05, 0) is 84.1 Å². The van der Waals surface area contributed by atoms with Crippen LogP contribution in [0.3, 0.4) is 0 Å². The zero-order chi connectivity index (χ0) is 25.7. The first-order chi connectivity index (χ1) is 17.3. The van der Waals surface area contributed by atoms with Crippen LogP contribution in [0.15, 0.2) is 75.0 Å². The van der Waals surface area contributed by atoms with Crippen LogP contribution in [-0.2, 0) is 9.59 Å². The standard InChI is InChI=1S/C25H18BrF2N3O4S/c1-34-20-10-14(11-22-24(33)31-25(36-22)30-18-8-4-16(28)5-9-18)19(26)12-21(20)35-13-23(32)29-17-6-2-15(27)3-7-17/h2-12H,13H2,1H3,(H,29,32)(H,30,31,33)/b22-11+. The number of benzene rings is 3. The Morgan fingerprint density at radius 3 is 2.42 bits per heavy atom. The third-order valence-corrected chi connectivity index (χ3v) is 6.36. The first-order valence-corrected chi connectivity index (χ1v) is 12.0. The second-order valence-electron chi connectivity index (χ2n) is 7.33. The molecule has 3 aromatic rings. The number of anilines is 1. The van der Waals surface area contributed by atoms with Gasteiger partial charge in [-0.1, -0.05) is 15.9 Å². The van der Waals surface area contributed by atoms with Gasteiger partial charge in [0.15, 0.2) is 23.3 Å². The van der Waals surface area contributed by atoms with Crippen LogP contribution in [0.5, 0.6) is 11.5 Å². The molecule has 2 N–H and O–H groups in total. The second-order valence-corrected chi connectivity index (χ2v) is 9.21. The summed E-state index contributed by atoms with van der Waals surface area (Å²) in [5.41, 5.74) is 1.58. The number of aliphatic imine (C=N–C) groups is 1. The molecule has 0 atom stereocenters. The van der Waals surface area contributed by atoms with Crippen molar-refractivity contribution in [3.63, 3.8) is 0 Å². The lowest BCUT2D eigenvalue weighted by atomic mass is 10.2. The molecule has 1 saturated heterocycles.